The van der Waals surface area contributed by atoms with Crippen LogP contribution in [0, 0.1) is 0 Å². The van der Waals surface area contributed by atoms with Gasteiger partial charge < -0.3 is 14.9 Å². The van der Waals surface area contributed by atoms with Crippen LogP contribution in [0.15, 0.2) is 12.4 Å². The quantitative estimate of drug-likeness (QED) is 0.857. The Labute approximate surface area is 149 Å². The summed E-state index contributed by atoms with van der Waals surface area (Å²) in [5.74, 6) is 0.647. The van der Waals surface area contributed by atoms with Gasteiger partial charge in [0, 0.05) is 39.3 Å². The Kier molecular flexibility index (Phi) is 6.20. The van der Waals surface area contributed by atoms with Crippen molar-refractivity contribution in [3.63, 3.8) is 0 Å². The summed E-state index contributed by atoms with van der Waals surface area (Å²) >= 11 is 0. The zero-order valence-electron chi connectivity index (χ0n) is 15.1. The summed E-state index contributed by atoms with van der Waals surface area (Å²) in [5.41, 5.74) is 0.404. The van der Waals surface area contributed by atoms with E-state index in [4.69, 9.17) is 0 Å². The highest BCUT2D eigenvalue weighted by Crippen LogP contribution is 2.16. The van der Waals surface area contributed by atoms with E-state index in [9.17, 15) is 9.90 Å². The molecule has 3 heterocycles. The predicted molar refractivity (Wildman–Crippen MR) is 96.7 cm³/mol. The first-order valence-electron chi connectivity index (χ1n) is 9.44. The molecule has 2 saturated heterocycles. The number of carbonyl (C=O) groups is 1. The molecule has 1 unspecified atom stereocenters. The molecule has 3 rings (SSSR count). The lowest BCUT2D eigenvalue weighted by molar-refractivity contribution is 0.0786. The van der Waals surface area contributed by atoms with Gasteiger partial charge in [-0.25, -0.2) is 4.98 Å². The Morgan fingerprint density at radius 1 is 1.20 bits per heavy atom. The average molecular weight is 347 g/mol. The molecule has 0 spiro atoms. The molecule has 1 aromatic rings. The van der Waals surface area contributed by atoms with E-state index in [1.807, 2.05) is 9.80 Å². The second-order valence-corrected chi connectivity index (χ2v) is 7.02. The largest absolute Gasteiger partial charge is 0.390 e. The number of likely N-dealkylation sites (tertiary alicyclic amines) is 1. The first kappa shape index (κ1) is 18.1. The Morgan fingerprint density at radius 3 is 2.76 bits per heavy atom. The smallest absolute Gasteiger partial charge is 0.274 e. The standard InChI is InChI=1S/C18H29N5O2/c1-2-3-6-21-9-10-23(14-15(24)13-21)17-12-19-11-16(20-17)18(25)22-7-4-5-8-22/h11-12,15,24H,2-10,13-14H2,1H3. The zero-order valence-corrected chi connectivity index (χ0v) is 15.1. The number of nitrogens with zero attached hydrogens (tertiary/aromatic N) is 5. The maximum atomic E-state index is 12.5. The van der Waals surface area contributed by atoms with Gasteiger partial charge in [0.05, 0.1) is 18.5 Å². The molecule has 0 saturated carbocycles. The number of anilines is 1. The van der Waals surface area contributed by atoms with E-state index in [0.29, 0.717) is 24.6 Å². The van der Waals surface area contributed by atoms with E-state index in [-0.39, 0.29) is 5.91 Å². The van der Waals surface area contributed by atoms with Gasteiger partial charge >= 0.3 is 0 Å². The molecule has 0 aromatic carbocycles. The van der Waals surface area contributed by atoms with Crippen molar-refractivity contribution in [2.75, 3.05) is 50.7 Å². The molecule has 1 N–H and O–H groups in total. The number of β-amino-alcohol motifs (C(OH)–C–C–N with tert-alkyl or cyclic N) is 1. The number of unbranched alkanes of at least 4 members (excludes halogenated alkanes) is 1. The highest BCUT2D eigenvalue weighted by Gasteiger charge is 2.24. The summed E-state index contributed by atoms with van der Waals surface area (Å²) in [5, 5.41) is 10.3. The van der Waals surface area contributed by atoms with Crippen LogP contribution in [0.5, 0.6) is 0 Å². The number of carbonyl (C=O) groups excluding carboxylic acids is 1. The maximum Gasteiger partial charge on any atom is 0.274 e. The van der Waals surface area contributed by atoms with Crippen LogP contribution in [0.25, 0.3) is 0 Å². The summed E-state index contributed by atoms with van der Waals surface area (Å²) in [4.78, 5) is 27.5. The summed E-state index contributed by atoms with van der Waals surface area (Å²) in [7, 11) is 0. The van der Waals surface area contributed by atoms with Gasteiger partial charge in [-0.1, -0.05) is 13.3 Å². The van der Waals surface area contributed by atoms with E-state index in [2.05, 4.69) is 21.8 Å². The fourth-order valence-corrected chi connectivity index (χ4v) is 3.54. The molecule has 25 heavy (non-hydrogen) atoms. The van der Waals surface area contributed by atoms with E-state index in [0.717, 1.165) is 58.4 Å². The van der Waals surface area contributed by atoms with Crippen LogP contribution in [0.3, 0.4) is 0 Å². The molecule has 2 aliphatic heterocycles. The zero-order chi connectivity index (χ0) is 17.6. The SMILES string of the molecule is CCCCN1CCN(c2cncc(C(=O)N3CCCC3)n2)CC(O)C1. The second-order valence-electron chi connectivity index (χ2n) is 7.02. The molecule has 0 bridgehead atoms. The molecule has 0 radical (unpaired) electrons. The topological polar surface area (TPSA) is 72.8 Å². The molecule has 7 nitrogen and oxygen atoms in total. The van der Waals surface area contributed by atoms with Crippen LogP contribution in [-0.4, -0.2) is 82.7 Å². The molecule has 1 atom stereocenters. The normalized spacial score (nSPS) is 22.2. The Morgan fingerprint density at radius 2 is 2.00 bits per heavy atom. The van der Waals surface area contributed by atoms with Crippen molar-refractivity contribution in [2.24, 2.45) is 0 Å². The van der Waals surface area contributed by atoms with Crippen LogP contribution in [0.1, 0.15) is 43.1 Å². The van der Waals surface area contributed by atoms with Gasteiger partial charge in [-0.05, 0) is 25.8 Å². The predicted octanol–water partition coefficient (Wildman–Crippen LogP) is 0.996. The number of hydrogen-bond donors (Lipinski definition) is 1. The van der Waals surface area contributed by atoms with Crippen LogP contribution >= 0.6 is 0 Å². The molecule has 7 heteroatoms. The Balaban J connectivity index is 1.68. The minimum absolute atomic E-state index is 0.0354. The van der Waals surface area contributed by atoms with E-state index in [1.165, 1.54) is 0 Å². The maximum absolute atomic E-state index is 12.5. The monoisotopic (exact) mass is 347 g/mol. The van der Waals surface area contributed by atoms with Crippen molar-refractivity contribution in [2.45, 2.75) is 38.7 Å². The average Bonchev–Trinajstić information content (AvgIpc) is 3.10. The lowest BCUT2D eigenvalue weighted by atomic mass is 10.3. The third kappa shape index (κ3) is 4.67. The Hall–Kier alpha value is -1.73. The second kappa shape index (κ2) is 8.58. The number of aliphatic hydroxyl groups is 1. The van der Waals surface area contributed by atoms with Gasteiger partial charge in [0.1, 0.15) is 11.5 Å². The molecule has 2 aliphatic rings. The third-order valence-electron chi connectivity index (χ3n) is 4.97. The first-order valence-corrected chi connectivity index (χ1v) is 9.44. The molecular formula is C18H29N5O2. The Bertz CT molecular complexity index is 576. The number of amides is 1. The van der Waals surface area contributed by atoms with Crippen molar-refractivity contribution in [3.05, 3.63) is 18.1 Å². The molecule has 1 aromatic heterocycles. The fourth-order valence-electron chi connectivity index (χ4n) is 3.54. The molecule has 0 aliphatic carbocycles. The van der Waals surface area contributed by atoms with Crippen molar-refractivity contribution in [3.8, 4) is 0 Å². The highest BCUT2D eigenvalue weighted by molar-refractivity contribution is 5.92. The highest BCUT2D eigenvalue weighted by atomic mass is 16.3. The number of aromatic nitrogens is 2. The van der Waals surface area contributed by atoms with Crippen molar-refractivity contribution in [1.82, 2.24) is 19.8 Å². The van der Waals surface area contributed by atoms with Crippen LogP contribution in [0.4, 0.5) is 5.82 Å². The van der Waals surface area contributed by atoms with Crippen LogP contribution < -0.4 is 4.90 Å². The van der Waals surface area contributed by atoms with Gasteiger partial charge in [-0.15, -0.1) is 0 Å². The van der Waals surface area contributed by atoms with Gasteiger partial charge in [-0.2, -0.15) is 0 Å². The molecule has 1 amide bonds. The third-order valence-corrected chi connectivity index (χ3v) is 4.97. The minimum Gasteiger partial charge on any atom is -0.390 e. The van der Waals surface area contributed by atoms with Crippen molar-refractivity contribution in [1.29, 1.82) is 0 Å². The lowest BCUT2D eigenvalue weighted by Gasteiger charge is -2.23. The van der Waals surface area contributed by atoms with Crippen molar-refractivity contribution >= 4 is 11.7 Å². The van der Waals surface area contributed by atoms with Crippen LogP contribution in [0.2, 0.25) is 0 Å². The first-order chi connectivity index (χ1) is 12.2. The molecule has 138 valence electrons. The number of aliphatic hydroxyl groups excluding tert-OH is 1. The van der Waals surface area contributed by atoms with Gasteiger partial charge in [-0.3, -0.25) is 14.7 Å². The molecular weight excluding hydrogens is 318 g/mol. The fraction of sp³-hybridized carbons (Fsp3) is 0.722. The summed E-state index contributed by atoms with van der Waals surface area (Å²) in [6.45, 7) is 7.70. The van der Waals surface area contributed by atoms with E-state index < -0.39 is 6.10 Å². The van der Waals surface area contributed by atoms with Gasteiger partial charge in [0.25, 0.3) is 5.91 Å². The van der Waals surface area contributed by atoms with Gasteiger partial charge in [0.15, 0.2) is 0 Å². The van der Waals surface area contributed by atoms with Crippen molar-refractivity contribution < 1.29 is 9.90 Å². The van der Waals surface area contributed by atoms with Crippen LogP contribution in [-0.2, 0) is 0 Å². The minimum atomic E-state index is -0.418. The molecule has 2 fully saturated rings. The number of rotatable bonds is 5. The van der Waals surface area contributed by atoms with E-state index in [1.54, 1.807) is 12.4 Å². The number of hydrogen-bond acceptors (Lipinski definition) is 6. The summed E-state index contributed by atoms with van der Waals surface area (Å²) in [6, 6.07) is 0. The summed E-state index contributed by atoms with van der Waals surface area (Å²) in [6.07, 6.45) is 7.24. The van der Waals surface area contributed by atoms with E-state index >= 15 is 0 Å². The summed E-state index contributed by atoms with van der Waals surface area (Å²) < 4.78 is 0. The van der Waals surface area contributed by atoms with Gasteiger partial charge in [0.2, 0.25) is 0 Å². The lowest BCUT2D eigenvalue weighted by Crippen LogP contribution is -2.34.